The molecular weight excluding hydrogens is 909 g/mol. The zero-order valence-corrected chi connectivity index (χ0v) is 39.2. The van der Waals surface area contributed by atoms with E-state index in [0.29, 0.717) is 23.1 Å². The summed E-state index contributed by atoms with van der Waals surface area (Å²) < 4.78 is 0. The molecule has 21 nitrogen and oxygen atoms in total. The van der Waals surface area contributed by atoms with E-state index < -0.39 is 89.8 Å². The van der Waals surface area contributed by atoms with Gasteiger partial charge in [-0.15, -0.1) is 0 Å². The number of aromatic amines is 1. The van der Waals surface area contributed by atoms with E-state index in [1.54, 1.807) is 72.9 Å². The Morgan fingerprint density at radius 3 is 1.71 bits per heavy atom. The van der Waals surface area contributed by atoms with Gasteiger partial charge in [0.15, 0.2) is 5.96 Å². The number of H-pyrrole nitrogens is 1. The lowest BCUT2D eigenvalue weighted by atomic mass is 10.0. The predicted molar refractivity (Wildman–Crippen MR) is 263 cm³/mol. The Labute approximate surface area is 405 Å². The summed E-state index contributed by atoms with van der Waals surface area (Å²) in [6.45, 7) is 1.59. The van der Waals surface area contributed by atoms with Crippen molar-refractivity contribution >= 4 is 70.9 Å². The van der Waals surface area contributed by atoms with E-state index in [-0.39, 0.29) is 63.3 Å². The van der Waals surface area contributed by atoms with Crippen molar-refractivity contribution < 1.29 is 43.8 Å². The number of guanidine groups is 1. The maximum atomic E-state index is 14.5. The van der Waals surface area contributed by atoms with Crippen LogP contribution in [0.2, 0.25) is 0 Å². The number of carboxylic acid groups (broad SMARTS) is 1. The first kappa shape index (κ1) is 54.6. The number of nitrogens with zero attached hydrogens (tertiary/aromatic N) is 1. The van der Waals surface area contributed by atoms with Gasteiger partial charge in [0.2, 0.25) is 35.4 Å². The Hall–Kier alpha value is -7.01. The number of aliphatic imine (C=N–C) groups is 1. The highest BCUT2D eigenvalue weighted by Gasteiger charge is 2.35. The first-order chi connectivity index (χ1) is 33.0. The Bertz CT molecular complexity index is 2370. The Morgan fingerprint density at radius 1 is 0.638 bits per heavy atom. The monoisotopic (exact) mass is 972 g/mol. The third-order valence-corrected chi connectivity index (χ3v) is 11.4. The van der Waals surface area contributed by atoms with Gasteiger partial charge in [-0.25, -0.2) is 4.79 Å². The van der Waals surface area contributed by atoms with Crippen LogP contribution in [0.25, 0.3) is 10.9 Å². The summed E-state index contributed by atoms with van der Waals surface area (Å²) >= 11 is 4.28. The number of fused-ring (bicyclic) bond motifs is 1. The lowest BCUT2D eigenvalue weighted by molar-refractivity contribution is -0.143. The van der Waals surface area contributed by atoms with Crippen molar-refractivity contribution in [1.82, 2.24) is 36.9 Å². The van der Waals surface area contributed by atoms with Gasteiger partial charge in [0, 0.05) is 48.7 Å². The van der Waals surface area contributed by atoms with Crippen LogP contribution in [0.1, 0.15) is 49.3 Å². The van der Waals surface area contributed by atoms with Gasteiger partial charge >= 0.3 is 5.97 Å². The fourth-order valence-corrected chi connectivity index (χ4v) is 7.55. The van der Waals surface area contributed by atoms with E-state index in [4.69, 9.17) is 22.9 Å². The summed E-state index contributed by atoms with van der Waals surface area (Å²) in [5, 5.41) is 36.9. The number of para-hydroxylation sites is 1. The number of hydrogen-bond donors (Lipinski definition) is 14. The number of carbonyl (C=O) groups excluding carboxylic acids is 6. The molecule has 0 aliphatic carbocycles. The lowest BCUT2D eigenvalue weighted by Crippen LogP contribution is -2.61. The molecule has 0 fully saturated rings. The van der Waals surface area contributed by atoms with Crippen LogP contribution in [-0.2, 0) is 52.8 Å². The van der Waals surface area contributed by atoms with Gasteiger partial charge in [0.25, 0.3) is 0 Å². The maximum absolute atomic E-state index is 14.5. The lowest BCUT2D eigenvalue weighted by Gasteiger charge is -2.28. The summed E-state index contributed by atoms with van der Waals surface area (Å²) in [5.41, 5.74) is 25.3. The summed E-state index contributed by atoms with van der Waals surface area (Å²) in [6, 6.07) is 15.2. The van der Waals surface area contributed by atoms with Crippen molar-refractivity contribution in [2.75, 3.05) is 18.8 Å². The van der Waals surface area contributed by atoms with Crippen LogP contribution < -0.4 is 54.8 Å². The van der Waals surface area contributed by atoms with Crippen molar-refractivity contribution in [1.29, 1.82) is 0 Å². The van der Waals surface area contributed by atoms with Crippen molar-refractivity contribution in [3.8, 4) is 0 Å². The minimum absolute atomic E-state index is 0.0365. The van der Waals surface area contributed by atoms with Gasteiger partial charge in [-0.2, -0.15) is 12.6 Å². The van der Waals surface area contributed by atoms with E-state index in [9.17, 15) is 43.8 Å². The Kier molecular flexibility index (Phi) is 21.9. The molecular formula is C47H64N12O9S. The van der Waals surface area contributed by atoms with E-state index >= 15 is 0 Å². The highest BCUT2D eigenvalue weighted by atomic mass is 32.1. The first-order valence-electron chi connectivity index (χ1n) is 22.5. The topological polar surface area (TPSA) is 364 Å². The summed E-state index contributed by atoms with van der Waals surface area (Å²) in [6.07, 6.45) is 0.715. The van der Waals surface area contributed by atoms with Gasteiger partial charge in [0.1, 0.15) is 36.3 Å². The minimum Gasteiger partial charge on any atom is -0.480 e. The second kappa shape index (κ2) is 27.7. The first-order valence-corrected chi connectivity index (χ1v) is 23.1. The summed E-state index contributed by atoms with van der Waals surface area (Å²) in [4.78, 5) is 103. The Balaban J connectivity index is 1.59. The highest BCUT2D eigenvalue weighted by molar-refractivity contribution is 7.80. The molecule has 372 valence electrons. The number of hydrogen-bond acceptors (Lipinski definition) is 12. The van der Waals surface area contributed by atoms with Gasteiger partial charge in [-0.3, -0.25) is 33.8 Å². The third kappa shape index (κ3) is 17.5. The summed E-state index contributed by atoms with van der Waals surface area (Å²) in [5.74, 6) is -6.50. The van der Waals surface area contributed by atoms with E-state index in [1.807, 2.05) is 18.2 Å². The number of aromatic nitrogens is 1. The van der Waals surface area contributed by atoms with Crippen molar-refractivity contribution in [3.05, 3.63) is 108 Å². The van der Waals surface area contributed by atoms with Crippen molar-refractivity contribution in [3.63, 3.8) is 0 Å². The number of aliphatic hydroxyl groups excluding tert-OH is 1. The van der Waals surface area contributed by atoms with Crippen LogP contribution >= 0.6 is 12.6 Å². The number of nitrogens with two attached hydrogens (primary N) is 4. The standard InChI is InChI=1S/C47H64N12O9S/c1-27(60)39(45(66)57-37(46(67)68)23-29-14-6-3-7-15-29)59-41(62)34(19-10-20-48)54-43(64)36(24-30-25-53-33-18-9-8-16-31(30)33)56-42(63)35(22-28-12-4-2-5-13-28)55-44(65)38(26-69)58-40(61)32(49)17-11-21-52-47(50)51/h2-9,12-16,18,25,27,32,34-39,53,60,69H,10-11,17,19-24,26,48-49H2,1H3,(H,54,64)(H,55,65)(H,56,63)(H,57,66)(H,58,61)(H,59,62)(H,67,68)(H4,50,51,52)/t27-,32+,34+,35+,36-,37+,38+,39+/m1/s1. The highest BCUT2D eigenvalue weighted by Crippen LogP contribution is 2.20. The summed E-state index contributed by atoms with van der Waals surface area (Å²) in [7, 11) is 0. The molecule has 6 amide bonds. The molecule has 0 unspecified atom stereocenters. The zero-order chi connectivity index (χ0) is 50.5. The average molecular weight is 973 g/mol. The van der Waals surface area contributed by atoms with Gasteiger partial charge in [0.05, 0.1) is 12.1 Å². The van der Waals surface area contributed by atoms with E-state index in [0.717, 1.165) is 10.9 Å². The molecule has 22 heteroatoms. The molecule has 17 N–H and O–H groups in total. The molecule has 8 atom stereocenters. The van der Waals surface area contributed by atoms with E-state index in [2.05, 4.69) is 54.5 Å². The smallest absolute Gasteiger partial charge is 0.326 e. The number of aliphatic carboxylic acids is 1. The molecule has 0 aliphatic rings. The molecule has 0 saturated heterocycles. The molecule has 0 bridgehead atoms. The fourth-order valence-electron chi connectivity index (χ4n) is 7.29. The average Bonchev–Trinajstić information content (AvgIpc) is 3.74. The van der Waals surface area contributed by atoms with Crippen LogP contribution in [0, 0.1) is 0 Å². The van der Waals surface area contributed by atoms with Crippen molar-refractivity contribution in [2.24, 2.45) is 27.9 Å². The van der Waals surface area contributed by atoms with Gasteiger partial charge in [-0.05, 0) is 61.9 Å². The molecule has 3 aromatic carbocycles. The van der Waals surface area contributed by atoms with Gasteiger partial charge in [-0.1, -0.05) is 78.9 Å². The SMILES string of the molecule is C[C@@H](O)[C@H](NC(=O)[C@H](CCCN)NC(=O)[C@@H](Cc1c[nH]c2ccccc12)NC(=O)[C@H](Cc1ccccc1)NC(=O)[C@H](CS)NC(=O)[C@@H](N)CCCN=C(N)N)C(=O)N[C@@H](Cc1ccccc1)C(=O)O. The third-order valence-electron chi connectivity index (χ3n) is 11.1. The number of thiol groups is 1. The normalized spacial score (nSPS) is 14.6. The molecule has 0 spiro atoms. The number of rotatable bonds is 28. The van der Waals surface area contributed by atoms with Crippen LogP contribution in [-0.4, -0.2) is 130 Å². The number of aliphatic hydroxyl groups is 1. The second-order valence-corrected chi connectivity index (χ2v) is 16.8. The molecule has 0 radical (unpaired) electrons. The van der Waals surface area contributed by atoms with E-state index in [1.165, 1.54) is 6.92 Å². The predicted octanol–water partition coefficient (Wildman–Crippen LogP) is -1.38. The van der Waals surface area contributed by atoms with Crippen molar-refractivity contribution in [2.45, 2.75) is 100 Å². The molecule has 4 aromatic rings. The van der Waals surface area contributed by atoms with Gasteiger partial charge < -0.3 is 70.0 Å². The number of amides is 6. The largest absolute Gasteiger partial charge is 0.480 e. The van der Waals surface area contributed by atoms with Crippen LogP contribution in [0.3, 0.4) is 0 Å². The number of carbonyl (C=O) groups is 7. The molecule has 1 aromatic heterocycles. The number of carboxylic acids is 1. The molecule has 0 aliphatic heterocycles. The molecule has 69 heavy (non-hydrogen) atoms. The van der Waals surface area contributed by atoms with Crippen LogP contribution in [0.4, 0.5) is 0 Å². The molecule has 1 heterocycles. The Morgan fingerprint density at radius 2 is 1.14 bits per heavy atom. The maximum Gasteiger partial charge on any atom is 0.326 e. The number of nitrogens with one attached hydrogen (secondary N) is 7. The molecule has 0 saturated carbocycles. The molecule has 4 rings (SSSR count). The number of benzene rings is 3. The van der Waals surface area contributed by atoms with Crippen LogP contribution in [0.15, 0.2) is 96.1 Å². The minimum atomic E-state index is -1.64. The second-order valence-electron chi connectivity index (χ2n) is 16.5. The quantitative estimate of drug-likeness (QED) is 0.0135. The fraction of sp³-hybridized carbons (Fsp3) is 0.404. The van der Waals surface area contributed by atoms with Crippen LogP contribution in [0.5, 0.6) is 0 Å². The zero-order valence-electron chi connectivity index (χ0n) is 38.3.